The van der Waals surface area contributed by atoms with Crippen LogP contribution in [-0.2, 0) is 6.54 Å². The fraction of sp³-hybridized carbons (Fsp3) is 0.538. The number of nitrogens with two attached hydrogens (primary N) is 1. The Morgan fingerprint density at radius 2 is 2.12 bits per heavy atom. The van der Waals surface area contributed by atoms with Crippen LogP contribution in [0.1, 0.15) is 30.9 Å². The largest absolute Gasteiger partial charge is 0.390 e. The molecule has 4 N–H and O–H groups in total. The molecule has 0 amide bonds. The van der Waals surface area contributed by atoms with E-state index in [1.54, 1.807) is 0 Å². The summed E-state index contributed by atoms with van der Waals surface area (Å²) in [6.45, 7) is 5.99. The molecule has 1 atom stereocenters. The number of hydrogen-bond donors (Lipinski definition) is 3. The average Bonchev–Trinajstić information content (AvgIpc) is 2.29. The fourth-order valence-corrected chi connectivity index (χ4v) is 1.53. The Kier molecular flexibility index (Phi) is 5.46. The van der Waals surface area contributed by atoms with Gasteiger partial charge in [-0.2, -0.15) is 0 Å². The van der Waals surface area contributed by atoms with Gasteiger partial charge in [0, 0.05) is 19.6 Å². The van der Waals surface area contributed by atoms with Gasteiger partial charge in [0.15, 0.2) is 0 Å². The van der Waals surface area contributed by atoms with E-state index in [2.05, 4.69) is 43.4 Å². The van der Waals surface area contributed by atoms with E-state index in [0.717, 1.165) is 6.54 Å². The predicted molar refractivity (Wildman–Crippen MR) is 67.3 cm³/mol. The van der Waals surface area contributed by atoms with Gasteiger partial charge in [0.1, 0.15) is 0 Å². The molecule has 0 saturated carbocycles. The van der Waals surface area contributed by atoms with E-state index in [1.807, 2.05) is 0 Å². The quantitative estimate of drug-likeness (QED) is 0.678. The molecule has 0 aliphatic rings. The molecule has 1 unspecified atom stereocenters. The van der Waals surface area contributed by atoms with Crippen LogP contribution >= 0.6 is 0 Å². The molecule has 0 heterocycles. The summed E-state index contributed by atoms with van der Waals surface area (Å²) in [7, 11) is 0. The minimum atomic E-state index is -0.451. The smallest absolute Gasteiger partial charge is 0.0786 e. The summed E-state index contributed by atoms with van der Waals surface area (Å²) < 4.78 is 0. The molecule has 0 radical (unpaired) electrons. The van der Waals surface area contributed by atoms with Crippen molar-refractivity contribution >= 4 is 0 Å². The second-order valence-electron chi connectivity index (χ2n) is 4.42. The van der Waals surface area contributed by atoms with E-state index in [4.69, 9.17) is 5.73 Å². The first-order chi connectivity index (χ1) is 7.63. The predicted octanol–water partition coefficient (Wildman–Crippen LogP) is 1.22. The zero-order chi connectivity index (χ0) is 12.0. The molecule has 0 fully saturated rings. The van der Waals surface area contributed by atoms with Crippen LogP contribution in [0.15, 0.2) is 24.3 Å². The van der Waals surface area contributed by atoms with Gasteiger partial charge in [-0.15, -0.1) is 0 Å². The molecule has 16 heavy (non-hydrogen) atoms. The SMILES string of the molecule is CC(C)c1cccc(CNCC(O)CN)c1. The van der Waals surface area contributed by atoms with Crippen LogP contribution in [0.3, 0.4) is 0 Å². The number of nitrogens with one attached hydrogen (secondary N) is 1. The van der Waals surface area contributed by atoms with E-state index in [-0.39, 0.29) is 0 Å². The molecule has 90 valence electrons. The zero-order valence-electron chi connectivity index (χ0n) is 10.1. The summed E-state index contributed by atoms with van der Waals surface area (Å²) in [5, 5.41) is 12.5. The standard InChI is InChI=1S/C13H22N2O/c1-10(2)12-5-3-4-11(6-12)8-15-9-13(16)7-14/h3-6,10,13,15-16H,7-9,14H2,1-2H3. The molecular formula is C13H22N2O. The summed E-state index contributed by atoms with van der Waals surface area (Å²) in [6, 6.07) is 8.51. The van der Waals surface area contributed by atoms with E-state index >= 15 is 0 Å². The molecule has 0 aliphatic carbocycles. The van der Waals surface area contributed by atoms with Crippen molar-refractivity contribution in [3.8, 4) is 0 Å². The molecule has 1 aromatic rings. The number of benzene rings is 1. The molecule has 3 heteroatoms. The van der Waals surface area contributed by atoms with Gasteiger partial charge in [-0.3, -0.25) is 0 Å². The summed E-state index contributed by atoms with van der Waals surface area (Å²) in [5.74, 6) is 0.551. The van der Waals surface area contributed by atoms with Crippen molar-refractivity contribution in [2.75, 3.05) is 13.1 Å². The van der Waals surface area contributed by atoms with Crippen LogP contribution in [0.25, 0.3) is 0 Å². The van der Waals surface area contributed by atoms with Gasteiger partial charge in [0.25, 0.3) is 0 Å². The lowest BCUT2D eigenvalue weighted by Crippen LogP contribution is -2.32. The molecule has 0 aliphatic heterocycles. The lowest BCUT2D eigenvalue weighted by molar-refractivity contribution is 0.179. The number of hydrogen-bond acceptors (Lipinski definition) is 3. The Labute approximate surface area is 97.7 Å². The van der Waals surface area contributed by atoms with E-state index in [0.29, 0.717) is 19.0 Å². The molecule has 1 rings (SSSR count). The van der Waals surface area contributed by atoms with Crippen molar-refractivity contribution in [2.45, 2.75) is 32.4 Å². The zero-order valence-corrected chi connectivity index (χ0v) is 10.1. The molecule has 0 aromatic heterocycles. The van der Waals surface area contributed by atoms with Crippen molar-refractivity contribution in [1.82, 2.24) is 5.32 Å². The van der Waals surface area contributed by atoms with Crippen LogP contribution in [0.4, 0.5) is 0 Å². The summed E-state index contributed by atoms with van der Waals surface area (Å²) in [6.07, 6.45) is -0.451. The van der Waals surface area contributed by atoms with Crippen LogP contribution in [0, 0.1) is 0 Å². The third kappa shape index (κ3) is 4.31. The lowest BCUT2D eigenvalue weighted by Gasteiger charge is -2.11. The van der Waals surface area contributed by atoms with E-state index < -0.39 is 6.10 Å². The maximum absolute atomic E-state index is 9.29. The van der Waals surface area contributed by atoms with E-state index in [1.165, 1.54) is 11.1 Å². The van der Waals surface area contributed by atoms with Crippen molar-refractivity contribution < 1.29 is 5.11 Å². The van der Waals surface area contributed by atoms with Crippen LogP contribution < -0.4 is 11.1 Å². The Bertz CT molecular complexity index is 313. The van der Waals surface area contributed by atoms with Crippen molar-refractivity contribution in [3.05, 3.63) is 35.4 Å². The van der Waals surface area contributed by atoms with Crippen LogP contribution in [0.5, 0.6) is 0 Å². The second kappa shape index (κ2) is 6.63. The molecule has 3 nitrogen and oxygen atoms in total. The van der Waals surface area contributed by atoms with Gasteiger partial charge in [0.05, 0.1) is 6.10 Å². The van der Waals surface area contributed by atoms with Crippen molar-refractivity contribution in [1.29, 1.82) is 0 Å². The minimum absolute atomic E-state index is 0.305. The maximum atomic E-state index is 9.29. The molecular weight excluding hydrogens is 200 g/mol. The Balaban J connectivity index is 2.45. The monoisotopic (exact) mass is 222 g/mol. The maximum Gasteiger partial charge on any atom is 0.0786 e. The Morgan fingerprint density at radius 1 is 1.38 bits per heavy atom. The van der Waals surface area contributed by atoms with Gasteiger partial charge >= 0.3 is 0 Å². The van der Waals surface area contributed by atoms with Gasteiger partial charge in [-0.05, 0) is 17.0 Å². The number of rotatable bonds is 6. The van der Waals surface area contributed by atoms with Crippen molar-refractivity contribution in [2.24, 2.45) is 5.73 Å². The third-order valence-corrected chi connectivity index (χ3v) is 2.60. The second-order valence-corrected chi connectivity index (χ2v) is 4.42. The first-order valence-corrected chi connectivity index (χ1v) is 5.81. The highest BCUT2D eigenvalue weighted by Crippen LogP contribution is 2.15. The first kappa shape index (κ1) is 13.2. The van der Waals surface area contributed by atoms with Gasteiger partial charge in [-0.25, -0.2) is 0 Å². The summed E-state index contributed by atoms with van der Waals surface area (Å²) in [4.78, 5) is 0. The number of aliphatic hydroxyl groups excluding tert-OH is 1. The van der Waals surface area contributed by atoms with Gasteiger partial charge in [0.2, 0.25) is 0 Å². The number of aliphatic hydroxyl groups is 1. The fourth-order valence-electron chi connectivity index (χ4n) is 1.53. The highest BCUT2D eigenvalue weighted by atomic mass is 16.3. The summed E-state index contributed by atoms with van der Waals surface area (Å²) >= 11 is 0. The molecule has 0 bridgehead atoms. The third-order valence-electron chi connectivity index (χ3n) is 2.60. The lowest BCUT2D eigenvalue weighted by atomic mass is 10.0. The highest BCUT2D eigenvalue weighted by Gasteiger charge is 2.02. The first-order valence-electron chi connectivity index (χ1n) is 5.81. The summed E-state index contributed by atoms with van der Waals surface area (Å²) in [5.41, 5.74) is 7.92. The Hall–Kier alpha value is -0.900. The van der Waals surface area contributed by atoms with Crippen molar-refractivity contribution in [3.63, 3.8) is 0 Å². The molecule has 1 aromatic carbocycles. The molecule has 0 saturated heterocycles. The average molecular weight is 222 g/mol. The Morgan fingerprint density at radius 3 is 2.75 bits per heavy atom. The minimum Gasteiger partial charge on any atom is -0.390 e. The van der Waals surface area contributed by atoms with Gasteiger partial charge < -0.3 is 16.2 Å². The van der Waals surface area contributed by atoms with Crippen LogP contribution in [0.2, 0.25) is 0 Å². The van der Waals surface area contributed by atoms with Gasteiger partial charge in [-0.1, -0.05) is 38.1 Å². The molecule has 0 spiro atoms. The van der Waals surface area contributed by atoms with Crippen LogP contribution in [-0.4, -0.2) is 24.3 Å². The topological polar surface area (TPSA) is 58.3 Å². The highest BCUT2D eigenvalue weighted by molar-refractivity contribution is 5.25. The normalized spacial score (nSPS) is 13.1. The van der Waals surface area contributed by atoms with E-state index in [9.17, 15) is 5.11 Å².